The third-order valence-corrected chi connectivity index (χ3v) is 2.78. The van der Waals surface area contributed by atoms with Crippen LogP contribution in [0.3, 0.4) is 0 Å². The molecular weight excluding hydrogens is 260 g/mol. The fraction of sp³-hybridized carbons (Fsp3) is 0.143. The summed E-state index contributed by atoms with van der Waals surface area (Å²) in [5, 5.41) is 8.89. The van der Waals surface area contributed by atoms with Gasteiger partial charge in [-0.2, -0.15) is 0 Å². The highest BCUT2D eigenvalue weighted by Crippen LogP contribution is 2.26. The second-order valence-electron chi connectivity index (χ2n) is 1.60. The van der Waals surface area contributed by atoms with Gasteiger partial charge < -0.3 is 5.11 Å². The maximum atomic E-state index is 8.89. The van der Waals surface area contributed by atoms with E-state index in [9.17, 15) is 0 Å². The van der Waals surface area contributed by atoms with Crippen molar-refractivity contribution in [3.8, 4) is 5.75 Å². The molecule has 10 heavy (non-hydrogen) atoms. The number of aromatic hydroxyl groups is 1. The van der Waals surface area contributed by atoms with E-state index in [1.165, 1.54) is 0 Å². The molecule has 0 aliphatic carbocycles. The number of hydrogen-bond acceptors (Lipinski definition) is 1. The zero-order chi connectivity index (χ0) is 6.85. The molecule has 0 radical (unpaired) electrons. The Morgan fingerprint density at radius 3 is 2.10 bits per heavy atom. The monoisotopic (exact) mass is 266 g/mol. The Kier molecular flexibility index (Phi) is 3.98. The molecule has 56 valence electrons. The lowest BCUT2D eigenvalue weighted by Crippen LogP contribution is -1.67. The predicted molar refractivity (Wildman–Crippen MR) is 50.2 cm³/mol. The number of phenols is 1. The van der Waals surface area contributed by atoms with Gasteiger partial charge in [0.25, 0.3) is 0 Å². The van der Waals surface area contributed by atoms with Crippen molar-refractivity contribution in [3.63, 3.8) is 0 Å². The quantitative estimate of drug-likeness (QED) is 0.762. The highest BCUT2D eigenvalue weighted by molar-refractivity contribution is 9.13. The van der Waals surface area contributed by atoms with E-state index >= 15 is 0 Å². The minimum absolute atomic E-state index is 0. The summed E-state index contributed by atoms with van der Waals surface area (Å²) in [5.74, 6) is 0.269. The van der Waals surface area contributed by atoms with Crippen LogP contribution < -0.4 is 0 Å². The Labute approximate surface area is 77.3 Å². The van der Waals surface area contributed by atoms with Crippen LogP contribution in [0.5, 0.6) is 5.75 Å². The van der Waals surface area contributed by atoms with Crippen LogP contribution in [0.25, 0.3) is 0 Å². The lowest BCUT2D eigenvalue weighted by molar-refractivity contribution is 0.475. The van der Waals surface area contributed by atoms with E-state index < -0.39 is 0 Å². The fourth-order valence-electron chi connectivity index (χ4n) is 0.485. The Balaban J connectivity index is 0.000000810. The molecule has 1 aromatic carbocycles. The first-order chi connectivity index (χ1) is 4.20. The molecule has 1 rings (SSSR count). The molecule has 0 saturated carbocycles. The van der Waals surface area contributed by atoms with Crippen molar-refractivity contribution in [1.29, 1.82) is 0 Å². The molecule has 3 heteroatoms. The van der Waals surface area contributed by atoms with Crippen LogP contribution in [-0.4, -0.2) is 5.11 Å². The largest absolute Gasteiger partial charge is 0.508 e. The second kappa shape index (κ2) is 3.98. The molecule has 0 aliphatic rings. The molecule has 1 aromatic rings. The van der Waals surface area contributed by atoms with Gasteiger partial charge in [0.05, 0.1) is 0 Å². The Morgan fingerprint density at radius 1 is 1.10 bits per heavy atom. The number of phenolic OH excluding ortho intramolecular Hbond substituents is 1. The van der Waals surface area contributed by atoms with E-state index in [-0.39, 0.29) is 13.2 Å². The first-order valence-corrected chi connectivity index (χ1v) is 3.93. The van der Waals surface area contributed by atoms with Crippen LogP contribution in [0, 0.1) is 0 Å². The van der Waals surface area contributed by atoms with E-state index in [0.717, 1.165) is 8.95 Å². The van der Waals surface area contributed by atoms with Gasteiger partial charge in [-0.25, -0.2) is 0 Å². The zero-order valence-electron chi connectivity index (χ0n) is 4.44. The summed E-state index contributed by atoms with van der Waals surface area (Å²) >= 11 is 6.51. The summed E-state index contributed by atoms with van der Waals surface area (Å²) in [6, 6.07) is 5.03. The summed E-state index contributed by atoms with van der Waals surface area (Å²) < 4.78 is 1.81. The summed E-state index contributed by atoms with van der Waals surface area (Å²) in [4.78, 5) is 0. The summed E-state index contributed by atoms with van der Waals surface area (Å²) in [5.41, 5.74) is 0. The van der Waals surface area contributed by atoms with E-state index in [2.05, 4.69) is 31.9 Å². The molecular formula is C7H8Br2O. The minimum Gasteiger partial charge on any atom is -0.508 e. The molecule has 0 aliphatic heterocycles. The predicted octanol–water partition coefficient (Wildman–Crippen LogP) is 3.55. The topological polar surface area (TPSA) is 20.2 Å². The molecule has 0 unspecified atom stereocenters. The summed E-state index contributed by atoms with van der Waals surface area (Å²) in [7, 11) is 0. The Bertz CT molecular complexity index is 223. The van der Waals surface area contributed by atoms with Gasteiger partial charge >= 0.3 is 0 Å². The third kappa shape index (κ3) is 2.31. The molecule has 0 bridgehead atoms. The first kappa shape index (κ1) is 9.98. The molecule has 0 aromatic heterocycles. The lowest BCUT2D eigenvalue weighted by atomic mass is 10.3. The number of hydrogen-bond donors (Lipinski definition) is 1. The van der Waals surface area contributed by atoms with Gasteiger partial charge in [0.15, 0.2) is 0 Å². The Hall–Kier alpha value is -0.0200. The SMILES string of the molecule is C.Oc1ccc(Br)c(Br)c1. The molecule has 0 spiro atoms. The molecule has 0 heterocycles. The molecule has 1 nitrogen and oxygen atoms in total. The first-order valence-electron chi connectivity index (χ1n) is 2.34. The molecule has 0 saturated heterocycles. The van der Waals surface area contributed by atoms with Crippen molar-refractivity contribution < 1.29 is 5.11 Å². The van der Waals surface area contributed by atoms with Gasteiger partial charge in [0, 0.05) is 8.95 Å². The molecule has 0 amide bonds. The van der Waals surface area contributed by atoms with Crippen LogP contribution in [0.1, 0.15) is 7.43 Å². The van der Waals surface area contributed by atoms with Crippen molar-refractivity contribution >= 4 is 31.9 Å². The van der Waals surface area contributed by atoms with Gasteiger partial charge in [0.2, 0.25) is 0 Å². The highest BCUT2D eigenvalue weighted by Gasteiger charge is 1.94. The van der Waals surface area contributed by atoms with Crippen LogP contribution in [-0.2, 0) is 0 Å². The van der Waals surface area contributed by atoms with Gasteiger partial charge in [-0.1, -0.05) is 7.43 Å². The summed E-state index contributed by atoms with van der Waals surface area (Å²) in [6.07, 6.45) is 0. The van der Waals surface area contributed by atoms with Gasteiger partial charge in [-0.3, -0.25) is 0 Å². The molecule has 0 atom stereocenters. The average Bonchev–Trinajstić information content (AvgIpc) is 1.80. The number of benzene rings is 1. The maximum Gasteiger partial charge on any atom is 0.116 e. The van der Waals surface area contributed by atoms with Crippen LogP contribution in [0.2, 0.25) is 0 Å². The van der Waals surface area contributed by atoms with E-state index in [0.29, 0.717) is 0 Å². The smallest absolute Gasteiger partial charge is 0.116 e. The van der Waals surface area contributed by atoms with Crippen molar-refractivity contribution in [2.45, 2.75) is 7.43 Å². The minimum atomic E-state index is 0. The average molecular weight is 268 g/mol. The summed E-state index contributed by atoms with van der Waals surface area (Å²) in [6.45, 7) is 0. The van der Waals surface area contributed by atoms with Gasteiger partial charge in [-0.15, -0.1) is 0 Å². The van der Waals surface area contributed by atoms with Crippen molar-refractivity contribution in [1.82, 2.24) is 0 Å². The van der Waals surface area contributed by atoms with Gasteiger partial charge in [-0.05, 0) is 50.1 Å². The van der Waals surface area contributed by atoms with Crippen molar-refractivity contribution in [2.24, 2.45) is 0 Å². The van der Waals surface area contributed by atoms with Gasteiger partial charge in [0.1, 0.15) is 5.75 Å². The zero-order valence-corrected chi connectivity index (χ0v) is 7.61. The van der Waals surface area contributed by atoms with E-state index in [1.54, 1.807) is 18.2 Å². The highest BCUT2D eigenvalue weighted by atomic mass is 79.9. The molecule has 0 fully saturated rings. The Morgan fingerprint density at radius 2 is 1.70 bits per heavy atom. The normalized spacial score (nSPS) is 8.60. The van der Waals surface area contributed by atoms with Crippen LogP contribution in [0.15, 0.2) is 27.1 Å². The lowest BCUT2D eigenvalue weighted by Gasteiger charge is -1.94. The number of rotatable bonds is 0. The second-order valence-corrected chi connectivity index (χ2v) is 3.31. The fourth-order valence-corrected chi connectivity index (χ4v) is 1.10. The van der Waals surface area contributed by atoms with Crippen molar-refractivity contribution in [3.05, 3.63) is 27.1 Å². The number of halogens is 2. The maximum absolute atomic E-state index is 8.89. The van der Waals surface area contributed by atoms with Crippen LogP contribution in [0.4, 0.5) is 0 Å². The van der Waals surface area contributed by atoms with E-state index in [4.69, 9.17) is 5.11 Å². The third-order valence-electron chi connectivity index (χ3n) is 0.903. The molecule has 1 N–H and O–H groups in total. The standard InChI is InChI=1S/C6H4Br2O.CH4/c7-5-2-1-4(9)3-6(5)8;/h1-3,9H;1H4. The van der Waals surface area contributed by atoms with Crippen molar-refractivity contribution in [2.75, 3.05) is 0 Å². The van der Waals surface area contributed by atoms with E-state index in [1.807, 2.05) is 0 Å². The van der Waals surface area contributed by atoms with Crippen LogP contribution >= 0.6 is 31.9 Å².